The maximum absolute atomic E-state index is 11.6. The van der Waals surface area contributed by atoms with Gasteiger partial charge < -0.3 is 15.4 Å². The van der Waals surface area contributed by atoms with Crippen molar-refractivity contribution in [3.8, 4) is 0 Å². The molecule has 1 aromatic rings. The fourth-order valence-corrected chi connectivity index (χ4v) is 3.23. The Morgan fingerprint density at radius 3 is 2.37 bits per heavy atom. The van der Waals surface area contributed by atoms with Gasteiger partial charge in [0.25, 0.3) is 0 Å². The maximum atomic E-state index is 11.6. The van der Waals surface area contributed by atoms with Crippen LogP contribution in [0.4, 0.5) is 10.5 Å². The van der Waals surface area contributed by atoms with Gasteiger partial charge in [-0.05, 0) is 49.3 Å². The molecule has 0 atom stereocenters. The average Bonchev–Trinajstić information content (AvgIpc) is 2.86. The third kappa shape index (κ3) is 2.53. The van der Waals surface area contributed by atoms with E-state index in [-0.39, 0.29) is 6.09 Å². The van der Waals surface area contributed by atoms with Crippen LogP contribution in [0.1, 0.15) is 37.2 Å². The number of carbonyl (C=O) groups excluding carboxylic acids is 1. The van der Waals surface area contributed by atoms with Crippen molar-refractivity contribution in [2.75, 3.05) is 18.9 Å². The molecule has 1 saturated carbocycles. The Balaban J connectivity index is 1.60. The Morgan fingerprint density at radius 1 is 1.11 bits per heavy atom. The number of nitrogens with two attached hydrogens (primary N) is 1. The molecule has 1 amide bonds. The van der Waals surface area contributed by atoms with Gasteiger partial charge in [-0.1, -0.05) is 12.1 Å². The minimum absolute atomic E-state index is 0.129. The van der Waals surface area contributed by atoms with Crippen LogP contribution in [0.2, 0.25) is 0 Å². The molecule has 19 heavy (non-hydrogen) atoms. The highest BCUT2D eigenvalue weighted by Gasteiger charge is 2.32. The minimum atomic E-state index is -0.129. The van der Waals surface area contributed by atoms with E-state index in [1.54, 1.807) is 0 Å². The van der Waals surface area contributed by atoms with Gasteiger partial charge in [0.2, 0.25) is 0 Å². The third-order valence-electron chi connectivity index (χ3n) is 4.34. The Kier molecular flexibility index (Phi) is 3.32. The van der Waals surface area contributed by atoms with E-state index in [1.165, 1.54) is 5.56 Å². The molecule has 2 aliphatic rings. The number of amides is 1. The van der Waals surface area contributed by atoms with Gasteiger partial charge >= 0.3 is 6.09 Å². The van der Waals surface area contributed by atoms with Gasteiger partial charge in [-0.2, -0.15) is 0 Å². The van der Waals surface area contributed by atoms with Crippen molar-refractivity contribution in [3.63, 3.8) is 0 Å². The first-order valence-corrected chi connectivity index (χ1v) is 7.03. The summed E-state index contributed by atoms with van der Waals surface area (Å²) in [5, 5.41) is 0. The quantitative estimate of drug-likeness (QED) is 0.832. The van der Waals surface area contributed by atoms with Gasteiger partial charge in [0, 0.05) is 11.7 Å². The lowest BCUT2D eigenvalue weighted by molar-refractivity contribution is 0.137. The van der Waals surface area contributed by atoms with Crippen molar-refractivity contribution in [1.29, 1.82) is 0 Å². The molecule has 1 aliphatic heterocycles. The van der Waals surface area contributed by atoms with Gasteiger partial charge in [0.15, 0.2) is 0 Å². The molecule has 0 aromatic heterocycles. The highest BCUT2D eigenvalue weighted by atomic mass is 16.6. The highest BCUT2D eigenvalue weighted by molar-refractivity contribution is 5.69. The van der Waals surface area contributed by atoms with Crippen LogP contribution in [0.3, 0.4) is 0 Å². The number of anilines is 1. The molecule has 2 fully saturated rings. The lowest BCUT2D eigenvalue weighted by Gasteiger charge is -2.33. The largest absolute Gasteiger partial charge is 0.448 e. The molecular formula is C15H20N2O2. The zero-order valence-corrected chi connectivity index (χ0v) is 11.0. The van der Waals surface area contributed by atoms with Crippen LogP contribution in [0.25, 0.3) is 0 Å². The lowest BCUT2D eigenvalue weighted by atomic mass is 9.81. The SMILES string of the molecule is Nc1ccc(C2CCC(N3CCOC3=O)CC2)cc1. The van der Waals surface area contributed by atoms with E-state index < -0.39 is 0 Å². The third-order valence-corrected chi connectivity index (χ3v) is 4.34. The smallest absolute Gasteiger partial charge is 0.410 e. The topological polar surface area (TPSA) is 55.6 Å². The van der Waals surface area contributed by atoms with Crippen molar-refractivity contribution in [3.05, 3.63) is 29.8 Å². The zero-order chi connectivity index (χ0) is 13.2. The first-order chi connectivity index (χ1) is 9.24. The molecule has 4 heteroatoms. The molecule has 1 saturated heterocycles. The molecule has 4 nitrogen and oxygen atoms in total. The van der Waals surface area contributed by atoms with Gasteiger partial charge in [-0.15, -0.1) is 0 Å². The number of ether oxygens (including phenoxy) is 1. The monoisotopic (exact) mass is 260 g/mol. The number of cyclic esters (lactones) is 1. The molecule has 1 aromatic carbocycles. The van der Waals surface area contributed by atoms with E-state index in [2.05, 4.69) is 12.1 Å². The van der Waals surface area contributed by atoms with Crippen molar-refractivity contribution in [1.82, 2.24) is 4.90 Å². The second-order valence-corrected chi connectivity index (χ2v) is 5.48. The van der Waals surface area contributed by atoms with Crippen molar-refractivity contribution < 1.29 is 9.53 Å². The molecule has 102 valence electrons. The van der Waals surface area contributed by atoms with E-state index >= 15 is 0 Å². The summed E-state index contributed by atoms with van der Waals surface area (Å²) in [6, 6.07) is 8.58. The highest BCUT2D eigenvalue weighted by Crippen LogP contribution is 2.35. The predicted molar refractivity (Wildman–Crippen MR) is 73.9 cm³/mol. The standard InChI is InChI=1S/C15H20N2O2/c16-13-5-1-11(2-6-13)12-3-7-14(8-4-12)17-9-10-19-15(17)18/h1-2,5-6,12,14H,3-4,7-10,16H2. The number of hydrogen-bond acceptors (Lipinski definition) is 3. The first kappa shape index (κ1) is 12.3. The van der Waals surface area contributed by atoms with Crippen LogP contribution < -0.4 is 5.73 Å². The van der Waals surface area contributed by atoms with E-state index in [4.69, 9.17) is 10.5 Å². The van der Waals surface area contributed by atoms with Gasteiger partial charge in [-0.3, -0.25) is 0 Å². The molecule has 1 aliphatic carbocycles. The molecule has 0 spiro atoms. The summed E-state index contributed by atoms with van der Waals surface area (Å²) < 4.78 is 5.02. The summed E-state index contributed by atoms with van der Waals surface area (Å²) >= 11 is 0. The summed E-state index contributed by atoms with van der Waals surface area (Å²) in [7, 11) is 0. The number of hydrogen-bond donors (Lipinski definition) is 1. The second kappa shape index (κ2) is 5.11. The van der Waals surface area contributed by atoms with Crippen LogP contribution in [-0.4, -0.2) is 30.2 Å². The Morgan fingerprint density at radius 2 is 1.79 bits per heavy atom. The predicted octanol–water partition coefficient (Wildman–Crippen LogP) is 2.75. The number of nitrogens with zero attached hydrogens (tertiary/aromatic N) is 1. The minimum Gasteiger partial charge on any atom is -0.448 e. The molecule has 2 N–H and O–H groups in total. The van der Waals surface area contributed by atoms with Gasteiger partial charge in [0.05, 0.1) is 6.54 Å². The van der Waals surface area contributed by atoms with Crippen LogP contribution in [-0.2, 0) is 4.74 Å². The van der Waals surface area contributed by atoms with Crippen LogP contribution in [0.5, 0.6) is 0 Å². The summed E-state index contributed by atoms with van der Waals surface area (Å²) in [5.41, 5.74) is 7.91. The fourth-order valence-electron chi connectivity index (χ4n) is 3.23. The summed E-state index contributed by atoms with van der Waals surface area (Å²) in [4.78, 5) is 13.5. The second-order valence-electron chi connectivity index (χ2n) is 5.48. The maximum Gasteiger partial charge on any atom is 0.410 e. The van der Waals surface area contributed by atoms with E-state index in [1.807, 2.05) is 17.0 Å². The van der Waals surface area contributed by atoms with E-state index in [0.717, 1.165) is 37.9 Å². The van der Waals surface area contributed by atoms with Crippen molar-refractivity contribution >= 4 is 11.8 Å². The first-order valence-electron chi connectivity index (χ1n) is 7.03. The van der Waals surface area contributed by atoms with Gasteiger partial charge in [-0.25, -0.2) is 4.79 Å². The van der Waals surface area contributed by atoms with Crippen LogP contribution >= 0.6 is 0 Å². The molecule has 0 unspecified atom stereocenters. The molecule has 3 rings (SSSR count). The van der Waals surface area contributed by atoms with Crippen molar-refractivity contribution in [2.24, 2.45) is 0 Å². The van der Waals surface area contributed by atoms with Gasteiger partial charge in [0.1, 0.15) is 6.61 Å². The average molecular weight is 260 g/mol. The number of benzene rings is 1. The van der Waals surface area contributed by atoms with E-state index in [9.17, 15) is 4.79 Å². The summed E-state index contributed by atoms with van der Waals surface area (Å²) in [5.74, 6) is 0.607. The molecule has 1 heterocycles. The Labute approximate surface area is 113 Å². The van der Waals surface area contributed by atoms with Crippen LogP contribution in [0.15, 0.2) is 24.3 Å². The normalized spacial score (nSPS) is 27.4. The Bertz CT molecular complexity index is 450. The van der Waals surface area contributed by atoms with E-state index in [0.29, 0.717) is 18.6 Å². The van der Waals surface area contributed by atoms with Crippen molar-refractivity contribution in [2.45, 2.75) is 37.6 Å². The Hall–Kier alpha value is -1.71. The number of rotatable bonds is 2. The number of carbonyl (C=O) groups is 1. The molecular weight excluding hydrogens is 240 g/mol. The number of nitrogen functional groups attached to an aromatic ring is 1. The van der Waals surface area contributed by atoms with Crippen LogP contribution in [0, 0.1) is 0 Å². The summed E-state index contributed by atoms with van der Waals surface area (Å²) in [6.07, 6.45) is 4.29. The molecule has 0 bridgehead atoms. The summed E-state index contributed by atoms with van der Waals surface area (Å²) in [6.45, 7) is 1.31. The molecule has 0 radical (unpaired) electrons. The fraction of sp³-hybridized carbons (Fsp3) is 0.533. The lowest BCUT2D eigenvalue weighted by Crippen LogP contribution is -2.38. The zero-order valence-electron chi connectivity index (χ0n) is 11.0.